The van der Waals surface area contributed by atoms with Crippen LogP contribution < -0.4 is 10.6 Å². The summed E-state index contributed by atoms with van der Waals surface area (Å²) >= 11 is 0. The summed E-state index contributed by atoms with van der Waals surface area (Å²) in [7, 11) is -3.50. The summed E-state index contributed by atoms with van der Waals surface area (Å²) in [6.45, 7) is 3.03. The molecule has 3 amide bonds. The Bertz CT molecular complexity index is 703. The predicted octanol–water partition coefficient (Wildman–Crippen LogP) is 0.912. The molecule has 10 heteroatoms. The topological polar surface area (TPSA) is 108 Å². The van der Waals surface area contributed by atoms with E-state index in [1.807, 2.05) is 6.07 Å². The molecule has 0 aliphatic carbocycles. The molecule has 9 nitrogen and oxygen atoms in total. The van der Waals surface area contributed by atoms with Gasteiger partial charge in [-0.3, -0.25) is 0 Å². The van der Waals surface area contributed by atoms with Gasteiger partial charge >= 0.3 is 12.1 Å². The summed E-state index contributed by atoms with van der Waals surface area (Å²) in [6.07, 6.45) is -0.427. The van der Waals surface area contributed by atoms with Gasteiger partial charge < -0.3 is 20.3 Å². The van der Waals surface area contributed by atoms with E-state index in [-0.39, 0.29) is 32.0 Å². The molecule has 0 radical (unpaired) electrons. The second-order valence-corrected chi connectivity index (χ2v) is 7.74. The van der Waals surface area contributed by atoms with Crippen LogP contribution in [0, 0.1) is 0 Å². The zero-order chi connectivity index (χ0) is 19.0. The van der Waals surface area contributed by atoms with Crippen LogP contribution in [-0.2, 0) is 14.8 Å². The maximum absolute atomic E-state index is 12.3. The van der Waals surface area contributed by atoms with E-state index in [1.165, 1.54) is 9.21 Å². The number of benzene rings is 1. The number of nitrogens with zero attached hydrogens (tertiary/aromatic N) is 2. The van der Waals surface area contributed by atoms with E-state index in [2.05, 4.69) is 10.6 Å². The van der Waals surface area contributed by atoms with Crippen molar-refractivity contribution in [2.45, 2.75) is 6.92 Å². The molecule has 144 valence electrons. The molecule has 1 saturated heterocycles. The molecule has 1 heterocycles. The molecule has 26 heavy (non-hydrogen) atoms. The molecule has 1 aromatic carbocycles. The van der Waals surface area contributed by atoms with Crippen molar-refractivity contribution in [2.75, 3.05) is 50.4 Å². The first kappa shape index (κ1) is 20.0. The van der Waals surface area contributed by atoms with Crippen LogP contribution in [0.15, 0.2) is 30.3 Å². The van der Waals surface area contributed by atoms with Crippen molar-refractivity contribution < 1.29 is 22.7 Å². The Morgan fingerprint density at radius 1 is 1.12 bits per heavy atom. The Labute approximate surface area is 153 Å². The first-order chi connectivity index (χ1) is 12.4. The maximum Gasteiger partial charge on any atom is 0.409 e. The van der Waals surface area contributed by atoms with Gasteiger partial charge in [-0.15, -0.1) is 0 Å². The molecular weight excluding hydrogens is 360 g/mol. The quantitative estimate of drug-likeness (QED) is 0.758. The predicted molar refractivity (Wildman–Crippen MR) is 97.4 cm³/mol. The smallest absolute Gasteiger partial charge is 0.409 e. The summed E-state index contributed by atoms with van der Waals surface area (Å²) in [5.74, 6) is -0.200. The fourth-order valence-electron chi connectivity index (χ4n) is 2.48. The average molecular weight is 384 g/mol. The van der Waals surface area contributed by atoms with Crippen LogP contribution in [0.5, 0.6) is 0 Å². The average Bonchev–Trinajstić information content (AvgIpc) is 2.62. The summed E-state index contributed by atoms with van der Waals surface area (Å²) in [4.78, 5) is 24.9. The van der Waals surface area contributed by atoms with Crippen LogP contribution in [0.4, 0.5) is 15.3 Å². The second-order valence-electron chi connectivity index (χ2n) is 5.65. The zero-order valence-electron chi connectivity index (χ0n) is 14.7. The minimum Gasteiger partial charge on any atom is -0.450 e. The molecule has 0 atom stereocenters. The summed E-state index contributed by atoms with van der Waals surface area (Å²) in [5, 5.41) is 5.15. The van der Waals surface area contributed by atoms with E-state index in [1.54, 1.807) is 31.2 Å². The molecule has 1 fully saturated rings. The second kappa shape index (κ2) is 9.39. The Kier molecular flexibility index (Phi) is 7.22. The van der Waals surface area contributed by atoms with E-state index in [0.717, 1.165) is 0 Å². The molecular formula is C16H24N4O5S. The van der Waals surface area contributed by atoms with Gasteiger partial charge in [-0.1, -0.05) is 18.2 Å². The highest BCUT2D eigenvalue weighted by atomic mass is 32.2. The molecule has 1 aromatic rings. The summed E-state index contributed by atoms with van der Waals surface area (Å²) < 4.78 is 30.9. The number of carbonyl (C=O) groups is 2. The lowest BCUT2D eigenvalue weighted by atomic mass is 10.3. The van der Waals surface area contributed by atoms with Gasteiger partial charge in [0, 0.05) is 38.4 Å². The zero-order valence-corrected chi connectivity index (χ0v) is 15.5. The number of amides is 3. The number of hydrogen-bond acceptors (Lipinski definition) is 5. The number of anilines is 1. The van der Waals surface area contributed by atoms with Crippen molar-refractivity contribution in [1.82, 2.24) is 14.5 Å². The monoisotopic (exact) mass is 384 g/mol. The van der Waals surface area contributed by atoms with Gasteiger partial charge in [-0.25, -0.2) is 18.0 Å². The van der Waals surface area contributed by atoms with E-state index in [9.17, 15) is 18.0 Å². The molecule has 2 N–H and O–H groups in total. The number of urea groups is 1. The van der Waals surface area contributed by atoms with Gasteiger partial charge in [-0.2, -0.15) is 4.31 Å². The minimum absolute atomic E-state index is 0.000902. The molecule has 0 saturated carbocycles. The lowest BCUT2D eigenvalue weighted by molar-refractivity contribution is 0.0934. The first-order valence-electron chi connectivity index (χ1n) is 8.42. The Hall–Kier alpha value is -2.33. The normalized spacial score (nSPS) is 15.3. The van der Waals surface area contributed by atoms with Crippen molar-refractivity contribution in [1.29, 1.82) is 0 Å². The van der Waals surface area contributed by atoms with Crippen molar-refractivity contribution in [2.24, 2.45) is 0 Å². The third-order valence-electron chi connectivity index (χ3n) is 3.84. The van der Waals surface area contributed by atoms with Crippen LogP contribution in [0.25, 0.3) is 0 Å². The molecule has 0 spiro atoms. The van der Waals surface area contributed by atoms with Crippen LogP contribution >= 0.6 is 0 Å². The number of ether oxygens (including phenoxy) is 1. The molecule has 0 unspecified atom stereocenters. The van der Waals surface area contributed by atoms with Gasteiger partial charge in [-0.05, 0) is 19.1 Å². The molecule has 1 aliphatic rings. The third-order valence-corrected chi connectivity index (χ3v) is 5.71. The lowest BCUT2D eigenvalue weighted by Gasteiger charge is -2.33. The SMILES string of the molecule is CCOC(=O)N1CCN(S(=O)(=O)CCNC(=O)Nc2ccccc2)CC1. The molecule has 0 bridgehead atoms. The Morgan fingerprint density at radius 3 is 2.38 bits per heavy atom. The largest absolute Gasteiger partial charge is 0.450 e. The number of hydrogen-bond donors (Lipinski definition) is 2. The molecule has 0 aromatic heterocycles. The number of piperazine rings is 1. The lowest BCUT2D eigenvalue weighted by Crippen LogP contribution is -2.51. The summed E-state index contributed by atoms with van der Waals surface area (Å²) in [6, 6.07) is 8.42. The fourth-order valence-corrected chi connectivity index (χ4v) is 3.82. The number of nitrogens with one attached hydrogen (secondary N) is 2. The summed E-state index contributed by atoms with van der Waals surface area (Å²) in [5.41, 5.74) is 0.628. The Balaban J connectivity index is 1.73. The number of rotatable bonds is 6. The van der Waals surface area contributed by atoms with Crippen molar-refractivity contribution >= 4 is 27.8 Å². The van der Waals surface area contributed by atoms with E-state index in [4.69, 9.17) is 4.74 Å². The molecule has 1 aliphatic heterocycles. The van der Waals surface area contributed by atoms with Gasteiger partial charge in [0.2, 0.25) is 10.0 Å². The van der Waals surface area contributed by atoms with Crippen molar-refractivity contribution in [3.05, 3.63) is 30.3 Å². The van der Waals surface area contributed by atoms with Crippen LogP contribution in [0.1, 0.15) is 6.92 Å². The highest BCUT2D eigenvalue weighted by Crippen LogP contribution is 2.09. The van der Waals surface area contributed by atoms with Gasteiger partial charge in [0.25, 0.3) is 0 Å². The minimum atomic E-state index is -3.50. The van der Waals surface area contributed by atoms with E-state index < -0.39 is 22.1 Å². The number of para-hydroxylation sites is 1. The maximum atomic E-state index is 12.3. The van der Waals surface area contributed by atoms with Crippen molar-refractivity contribution in [3.63, 3.8) is 0 Å². The number of carbonyl (C=O) groups excluding carboxylic acids is 2. The Morgan fingerprint density at radius 2 is 1.77 bits per heavy atom. The van der Waals surface area contributed by atoms with Gasteiger partial charge in [0.1, 0.15) is 0 Å². The first-order valence-corrected chi connectivity index (χ1v) is 10.0. The van der Waals surface area contributed by atoms with Gasteiger partial charge in [0.05, 0.1) is 12.4 Å². The van der Waals surface area contributed by atoms with Crippen molar-refractivity contribution in [3.8, 4) is 0 Å². The highest BCUT2D eigenvalue weighted by molar-refractivity contribution is 7.89. The van der Waals surface area contributed by atoms with Crippen LogP contribution in [-0.4, -0.2) is 74.8 Å². The standard InChI is InChI=1S/C16H24N4O5S/c1-2-25-16(22)19-9-11-20(12-10-19)26(23,24)13-8-17-15(21)18-14-6-4-3-5-7-14/h3-7H,2,8-13H2,1H3,(H2,17,18,21). The van der Waals surface area contributed by atoms with E-state index in [0.29, 0.717) is 18.8 Å². The van der Waals surface area contributed by atoms with Gasteiger partial charge in [0.15, 0.2) is 0 Å². The third kappa shape index (κ3) is 5.88. The van der Waals surface area contributed by atoms with Crippen LogP contribution in [0.3, 0.4) is 0 Å². The highest BCUT2D eigenvalue weighted by Gasteiger charge is 2.29. The number of sulfonamides is 1. The van der Waals surface area contributed by atoms with Crippen LogP contribution in [0.2, 0.25) is 0 Å². The van der Waals surface area contributed by atoms with E-state index >= 15 is 0 Å². The molecule has 2 rings (SSSR count). The fraction of sp³-hybridized carbons (Fsp3) is 0.500.